The number of likely N-dealkylation sites (tertiary alicyclic amines) is 1. The Kier molecular flexibility index (Phi) is 2.46. The summed E-state index contributed by atoms with van der Waals surface area (Å²) in [4.78, 5) is 22.8. The molecule has 0 aromatic heterocycles. The van der Waals surface area contributed by atoms with Crippen LogP contribution in [0.2, 0.25) is 0 Å². The van der Waals surface area contributed by atoms with Crippen molar-refractivity contribution in [3.63, 3.8) is 0 Å². The van der Waals surface area contributed by atoms with Crippen molar-refractivity contribution < 1.29 is 14.3 Å². The van der Waals surface area contributed by atoms with Crippen molar-refractivity contribution in [2.45, 2.75) is 18.9 Å². The second-order valence-corrected chi connectivity index (χ2v) is 2.51. The van der Waals surface area contributed by atoms with E-state index in [-0.39, 0.29) is 6.04 Å². The number of aldehydes is 1. The quantitative estimate of drug-likeness (QED) is 0.518. The summed E-state index contributed by atoms with van der Waals surface area (Å²) in [6.45, 7) is 0.635. The first kappa shape index (κ1) is 8.04. The van der Waals surface area contributed by atoms with Crippen LogP contribution in [-0.2, 0) is 9.53 Å². The average Bonchev–Trinajstić information content (AvgIpc) is 2.50. The van der Waals surface area contributed by atoms with Crippen LogP contribution < -0.4 is 0 Å². The van der Waals surface area contributed by atoms with E-state index in [1.807, 2.05) is 0 Å². The van der Waals surface area contributed by atoms with Gasteiger partial charge in [-0.05, 0) is 12.8 Å². The lowest BCUT2D eigenvalue weighted by molar-refractivity contribution is -0.111. The lowest BCUT2D eigenvalue weighted by Gasteiger charge is -2.17. The van der Waals surface area contributed by atoms with Crippen molar-refractivity contribution in [2.24, 2.45) is 0 Å². The van der Waals surface area contributed by atoms with Crippen LogP contribution in [0.5, 0.6) is 0 Å². The minimum atomic E-state index is -0.403. The van der Waals surface area contributed by atoms with E-state index in [2.05, 4.69) is 4.74 Å². The number of carbonyl (C=O) groups excluding carboxylic acids is 2. The molecule has 4 heteroatoms. The van der Waals surface area contributed by atoms with Crippen LogP contribution in [0.3, 0.4) is 0 Å². The van der Waals surface area contributed by atoms with E-state index in [9.17, 15) is 9.59 Å². The standard InChI is InChI=1S/C7H11NO3/c1-11-7(10)8-4-2-3-6(8)5-9/h5-6H,2-4H2,1H3. The number of hydrogen-bond acceptors (Lipinski definition) is 3. The van der Waals surface area contributed by atoms with Crippen molar-refractivity contribution in [2.75, 3.05) is 13.7 Å². The normalized spacial score (nSPS) is 23.4. The number of nitrogens with zero attached hydrogens (tertiary/aromatic N) is 1. The monoisotopic (exact) mass is 157 g/mol. The molecule has 1 atom stereocenters. The third-order valence-electron chi connectivity index (χ3n) is 1.87. The van der Waals surface area contributed by atoms with Crippen LogP contribution in [-0.4, -0.2) is 37.0 Å². The summed E-state index contributed by atoms with van der Waals surface area (Å²) in [7, 11) is 1.32. The first-order chi connectivity index (χ1) is 5.29. The Hall–Kier alpha value is -1.06. The van der Waals surface area contributed by atoms with Crippen molar-refractivity contribution in [1.82, 2.24) is 4.90 Å². The van der Waals surface area contributed by atoms with Gasteiger partial charge >= 0.3 is 6.09 Å². The highest BCUT2D eigenvalue weighted by molar-refractivity contribution is 5.73. The minimum absolute atomic E-state index is 0.262. The van der Waals surface area contributed by atoms with Crippen LogP contribution in [0, 0.1) is 0 Å². The second kappa shape index (κ2) is 3.37. The van der Waals surface area contributed by atoms with Gasteiger partial charge in [0.15, 0.2) is 0 Å². The van der Waals surface area contributed by atoms with Gasteiger partial charge in [0.1, 0.15) is 6.29 Å². The fourth-order valence-corrected chi connectivity index (χ4v) is 1.28. The van der Waals surface area contributed by atoms with Gasteiger partial charge in [0.25, 0.3) is 0 Å². The van der Waals surface area contributed by atoms with Gasteiger partial charge in [0.2, 0.25) is 0 Å². The van der Waals surface area contributed by atoms with Gasteiger partial charge in [-0.2, -0.15) is 0 Å². The first-order valence-electron chi connectivity index (χ1n) is 3.59. The molecule has 0 N–H and O–H groups in total. The molecule has 62 valence electrons. The van der Waals surface area contributed by atoms with Crippen molar-refractivity contribution in [3.05, 3.63) is 0 Å². The number of ether oxygens (including phenoxy) is 1. The van der Waals surface area contributed by atoms with Crippen molar-refractivity contribution in [1.29, 1.82) is 0 Å². The lowest BCUT2D eigenvalue weighted by atomic mass is 10.2. The zero-order valence-corrected chi connectivity index (χ0v) is 6.45. The number of methoxy groups -OCH3 is 1. The Balaban J connectivity index is 2.56. The summed E-state index contributed by atoms with van der Waals surface area (Å²) >= 11 is 0. The SMILES string of the molecule is COC(=O)N1CCCC1C=O. The third kappa shape index (κ3) is 1.50. The van der Waals surface area contributed by atoms with E-state index in [4.69, 9.17) is 0 Å². The highest BCUT2D eigenvalue weighted by Crippen LogP contribution is 2.15. The van der Waals surface area contributed by atoms with Gasteiger partial charge in [0.05, 0.1) is 13.2 Å². The number of rotatable bonds is 1. The maximum Gasteiger partial charge on any atom is 0.410 e. The van der Waals surface area contributed by atoms with Crippen LogP contribution >= 0.6 is 0 Å². The maximum absolute atomic E-state index is 10.9. The van der Waals surface area contributed by atoms with E-state index < -0.39 is 6.09 Å². The summed E-state index contributed by atoms with van der Waals surface area (Å²) in [5, 5.41) is 0. The molecule has 0 aromatic carbocycles. The summed E-state index contributed by atoms with van der Waals surface area (Å²) in [6, 6.07) is -0.262. The maximum atomic E-state index is 10.9. The molecule has 0 saturated carbocycles. The molecular formula is C7H11NO3. The highest BCUT2D eigenvalue weighted by atomic mass is 16.5. The summed E-state index contributed by atoms with van der Waals surface area (Å²) in [5.74, 6) is 0. The Labute approximate surface area is 65.1 Å². The fourth-order valence-electron chi connectivity index (χ4n) is 1.28. The molecule has 1 rings (SSSR count). The number of carbonyl (C=O) groups is 2. The molecule has 0 aliphatic carbocycles. The Bertz CT molecular complexity index is 169. The van der Waals surface area contributed by atoms with Crippen LogP contribution in [0.15, 0.2) is 0 Å². The Morgan fingerprint density at radius 2 is 2.45 bits per heavy atom. The Morgan fingerprint density at radius 3 is 3.00 bits per heavy atom. The van der Waals surface area contributed by atoms with Crippen molar-refractivity contribution in [3.8, 4) is 0 Å². The molecule has 1 aliphatic rings. The van der Waals surface area contributed by atoms with E-state index in [0.29, 0.717) is 6.54 Å². The molecule has 0 spiro atoms. The topological polar surface area (TPSA) is 46.6 Å². The zero-order valence-electron chi connectivity index (χ0n) is 6.45. The molecule has 1 amide bonds. The predicted molar refractivity (Wildman–Crippen MR) is 38.2 cm³/mol. The van der Waals surface area contributed by atoms with Gasteiger partial charge in [-0.25, -0.2) is 4.79 Å². The second-order valence-electron chi connectivity index (χ2n) is 2.51. The third-order valence-corrected chi connectivity index (χ3v) is 1.87. The van der Waals surface area contributed by atoms with Crippen LogP contribution in [0.1, 0.15) is 12.8 Å². The molecule has 1 unspecified atom stereocenters. The molecule has 0 aromatic rings. The van der Waals surface area contributed by atoms with Gasteiger partial charge in [-0.15, -0.1) is 0 Å². The van der Waals surface area contributed by atoms with E-state index in [1.54, 1.807) is 0 Å². The molecule has 0 radical (unpaired) electrons. The van der Waals surface area contributed by atoms with E-state index >= 15 is 0 Å². The molecule has 1 aliphatic heterocycles. The van der Waals surface area contributed by atoms with E-state index in [0.717, 1.165) is 19.1 Å². The zero-order chi connectivity index (χ0) is 8.27. The summed E-state index contributed by atoms with van der Waals surface area (Å²) < 4.78 is 4.49. The Morgan fingerprint density at radius 1 is 1.73 bits per heavy atom. The van der Waals surface area contributed by atoms with Gasteiger partial charge in [-0.1, -0.05) is 0 Å². The fraction of sp³-hybridized carbons (Fsp3) is 0.714. The molecule has 4 nitrogen and oxygen atoms in total. The van der Waals surface area contributed by atoms with Gasteiger partial charge in [0, 0.05) is 6.54 Å². The molecule has 1 heterocycles. The summed E-state index contributed by atoms with van der Waals surface area (Å²) in [5.41, 5.74) is 0. The smallest absolute Gasteiger partial charge is 0.410 e. The molecule has 11 heavy (non-hydrogen) atoms. The van der Waals surface area contributed by atoms with Crippen LogP contribution in [0.4, 0.5) is 4.79 Å². The largest absolute Gasteiger partial charge is 0.453 e. The van der Waals surface area contributed by atoms with Gasteiger partial charge in [-0.3, -0.25) is 4.90 Å². The highest BCUT2D eigenvalue weighted by Gasteiger charge is 2.28. The first-order valence-corrected chi connectivity index (χ1v) is 3.59. The minimum Gasteiger partial charge on any atom is -0.453 e. The molecule has 0 bridgehead atoms. The molecule has 1 fully saturated rings. The number of amides is 1. The molecule has 1 saturated heterocycles. The van der Waals surface area contributed by atoms with E-state index in [1.165, 1.54) is 12.0 Å². The van der Waals surface area contributed by atoms with Crippen LogP contribution in [0.25, 0.3) is 0 Å². The molecular weight excluding hydrogens is 146 g/mol. The predicted octanol–water partition coefficient (Wildman–Crippen LogP) is 0.416. The summed E-state index contributed by atoms with van der Waals surface area (Å²) in [6.07, 6.45) is 2.04. The number of hydrogen-bond donors (Lipinski definition) is 0. The average molecular weight is 157 g/mol. The van der Waals surface area contributed by atoms with Gasteiger partial charge < -0.3 is 9.53 Å². The lowest BCUT2D eigenvalue weighted by Crippen LogP contribution is -2.36. The van der Waals surface area contributed by atoms with Crippen molar-refractivity contribution >= 4 is 12.4 Å².